The van der Waals surface area contributed by atoms with Crippen LogP contribution in [0.15, 0.2) is 30.3 Å². The number of amides is 11. The molecule has 0 radical (unpaired) electrons. The number of unbranched alkanes of at least 4 members (excludes halogenated alkanes) is 3. The highest BCUT2D eigenvalue weighted by Gasteiger charge is 2.51. The Hall–Kier alpha value is -9.23. The number of carbonyl (C=O) groups is 14. The third kappa shape index (κ3) is 54.2. The molecule has 5 rings (SSSR count). The molecule has 38 heteroatoms. The van der Waals surface area contributed by atoms with Crippen LogP contribution < -0.4 is 58.5 Å². The largest absolute Gasteiger partial charge is 0.481 e. The van der Waals surface area contributed by atoms with Gasteiger partial charge >= 0.3 is 60.5 Å². The molecule has 0 aliphatic carbocycles. The maximum Gasteiger partial charge on any atom is 0.471 e. The molecule has 4 aliphatic heterocycles. The molecule has 0 saturated carbocycles. The van der Waals surface area contributed by atoms with E-state index in [0.717, 1.165) is 69.8 Å². The number of hydrogen-bond acceptors (Lipinski definition) is 22. The van der Waals surface area contributed by atoms with Crippen molar-refractivity contribution in [1.82, 2.24) is 58.5 Å². The first-order valence-corrected chi connectivity index (χ1v) is 56.5. The second-order valence-corrected chi connectivity index (χ2v) is 54.7. The highest BCUT2D eigenvalue weighted by Crippen LogP contribution is 2.42. The minimum atomic E-state index is -4.98. The summed E-state index contributed by atoms with van der Waals surface area (Å²) in [5.74, 6) is -3.34. The molecule has 148 heavy (non-hydrogen) atoms. The van der Waals surface area contributed by atoms with Gasteiger partial charge in [0.1, 0.15) is 60.4 Å². The molecule has 0 spiro atoms. The van der Waals surface area contributed by atoms with Crippen LogP contribution in [-0.4, -0.2) is 213 Å². The summed E-state index contributed by atoms with van der Waals surface area (Å²) in [6.45, 7) is 79.6. The van der Waals surface area contributed by atoms with E-state index in [2.05, 4.69) is 170 Å². The number of alkyl carbamates (subject to hydrolysis) is 5. The fraction of sp³-hybridized carbons (Fsp3) is 0.818. The highest BCUT2D eigenvalue weighted by atomic mass is 28.4. The van der Waals surface area contributed by atoms with Crippen LogP contribution in [0.1, 0.15) is 371 Å². The van der Waals surface area contributed by atoms with E-state index in [1.807, 2.05) is 162 Å². The predicted octanol–water partition coefficient (Wildman–Crippen LogP) is 20.3. The van der Waals surface area contributed by atoms with Crippen LogP contribution >= 0.6 is 0 Å². The molecule has 34 nitrogen and oxygen atoms in total. The molecule has 4 aliphatic rings. The molecular formula is C110H198F3N11O23Si. The number of esters is 2. The topological polar surface area (TPSA) is 465 Å². The molecule has 11 amide bonds. The van der Waals surface area contributed by atoms with E-state index in [-0.39, 0.29) is 120 Å². The zero-order valence-corrected chi connectivity index (χ0v) is 98.7. The molecule has 4 fully saturated rings. The van der Waals surface area contributed by atoms with Crippen molar-refractivity contribution >= 4 is 92.1 Å². The molecule has 1 aromatic rings. The van der Waals surface area contributed by atoms with Crippen molar-refractivity contribution in [2.45, 2.75) is 487 Å². The zero-order valence-electron chi connectivity index (χ0n) is 97.7. The minimum absolute atomic E-state index is 0.0268. The van der Waals surface area contributed by atoms with E-state index >= 15 is 0 Å². The summed E-state index contributed by atoms with van der Waals surface area (Å²) in [5.41, 5.74) is -3.76. The van der Waals surface area contributed by atoms with Crippen molar-refractivity contribution < 1.29 is 123 Å². The maximum atomic E-state index is 13.7. The van der Waals surface area contributed by atoms with Crippen molar-refractivity contribution in [2.24, 2.45) is 74.4 Å². The highest BCUT2D eigenvalue weighted by molar-refractivity contribution is 6.74. The van der Waals surface area contributed by atoms with Gasteiger partial charge in [-0.25, -0.2) is 24.0 Å². The molecule has 12 N–H and O–H groups in total. The zero-order chi connectivity index (χ0) is 115. The number of rotatable bonds is 47. The number of benzene rings is 1. The first-order chi connectivity index (χ1) is 67.5. The molecule has 1 aromatic carbocycles. The monoisotopic (exact) mass is 2130 g/mol. The van der Waals surface area contributed by atoms with Crippen molar-refractivity contribution in [3.8, 4) is 0 Å². The van der Waals surface area contributed by atoms with Gasteiger partial charge in [0.15, 0.2) is 8.32 Å². The van der Waals surface area contributed by atoms with Crippen LogP contribution in [0.5, 0.6) is 0 Å². The lowest BCUT2D eigenvalue weighted by Gasteiger charge is -2.44. The Bertz CT molecular complexity index is 4270. The van der Waals surface area contributed by atoms with Crippen molar-refractivity contribution in [1.29, 1.82) is 0 Å². The summed E-state index contributed by atoms with van der Waals surface area (Å²) in [4.78, 5) is 169. The third-order valence-electron chi connectivity index (χ3n) is 25.6. The van der Waals surface area contributed by atoms with E-state index in [4.69, 9.17) is 42.7 Å². The van der Waals surface area contributed by atoms with E-state index in [9.17, 15) is 80.3 Å². The van der Waals surface area contributed by atoms with Gasteiger partial charge in [0, 0.05) is 56.1 Å². The standard InChI is InChI=1S/C31H63N3O5Si.C21H39N3O4.C19H27NO4.C16H29NO4.C12H21NO4.C11H19F3N2O2/c1-16-17-18-32-26(35)25(22(4)5)34-27(36)31(12,13)20-24(39-40(14,15)30(9,10)11)23(19-21(2)3)33-28(37)38-29(6,7)8;1-8-9-10-22-18(25)17(14(4)5)24-19(26)21(6,7)12-16-15(11-13(2)3)23-20(27)28-16;1-13(2)10-15(16-11-19(3,4)17(21)24-16)20-18(22)23-12-14-8-6-5-7-9-14;1-10(2)8-11(17-14(19)21-15(3,4)5)12-9-16(6,7)13(18)20-12;1-7(2)5-8-9(17-11(16)13-8)6-12(3,4)10(14)15;1-4-5-6-15-9(17)8(7(2)3)16-10(18)11(12,13)14/h21-25H,16-20H2,1-15H3,(H,32,35)(H,33,37)(H,34,36);13-17H,8-12H2,1-7H3,(H,22,25)(H,23,27)(H,24,26);5-9,13,15-16H,10-12H2,1-4H3,(H,20,22);10-12H,8-9H2,1-7H3,(H,17,19);7-9H,5-6H2,1-4H3,(H,13,16)(H,14,15);7-8H,4-6H2,1-3H3,(H,15,17)(H,16,18)/t23?,24-,25+;15?,16-,17-;15?,16-;11?,12-;8?,9-;8-/m100000/s1. The molecule has 0 aromatic heterocycles. The number of nitrogens with one attached hydrogen (secondary N) is 11. The molecule has 856 valence electrons. The van der Waals surface area contributed by atoms with Gasteiger partial charge < -0.3 is 101 Å². The quantitative estimate of drug-likeness (QED) is 0.0125. The van der Waals surface area contributed by atoms with Crippen LogP contribution in [-0.2, 0) is 87.3 Å². The van der Waals surface area contributed by atoms with Gasteiger partial charge in [0.25, 0.3) is 0 Å². The molecule has 4 saturated heterocycles. The van der Waals surface area contributed by atoms with Gasteiger partial charge in [-0.05, 0) is 212 Å². The summed E-state index contributed by atoms with van der Waals surface area (Å²) in [7, 11) is -2.29. The Kier molecular flexibility index (Phi) is 58.8. The lowest BCUT2D eigenvalue weighted by molar-refractivity contribution is -0.175. The number of carbonyl (C=O) groups excluding carboxylic acids is 13. The second-order valence-electron chi connectivity index (χ2n) is 49.9. The second kappa shape index (κ2) is 62.7. The van der Waals surface area contributed by atoms with Crippen molar-refractivity contribution in [2.75, 3.05) is 19.6 Å². The van der Waals surface area contributed by atoms with E-state index < -0.39 is 131 Å². The number of carboxylic acid groups (broad SMARTS) is 1. The molecule has 0 bridgehead atoms. The number of carboxylic acids is 1. The fourth-order valence-electron chi connectivity index (χ4n) is 16.0. The third-order valence-corrected chi connectivity index (χ3v) is 30.1. The maximum absolute atomic E-state index is 13.7. The van der Waals surface area contributed by atoms with Gasteiger partial charge in [-0.3, -0.25) is 43.2 Å². The van der Waals surface area contributed by atoms with Crippen LogP contribution in [0, 0.1) is 74.4 Å². The van der Waals surface area contributed by atoms with E-state index in [0.29, 0.717) is 81.8 Å². The molecule has 13 atom stereocenters. The summed E-state index contributed by atoms with van der Waals surface area (Å²) in [6.07, 6.45) is 2.43. The number of hydrogen-bond donors (Lipinski definition) is 12. The van der Waals surface area contributed by atoms with Gasteiger partial charge in [0.2, 0.25) is 29.5 Å². The smallest absolute Gasteiger partial charge is 0.471 e. The normalized spacial score (nSPS) is 19.1. The Morgan fingerprint density at radius 2 is 0.791 bits per heavy atom. The first-order valence-electron chi connectivity index (χ1n) is 53.6. The Balaban J connectivity index is 0.00000180. The summed E-state index contributed by atoms with van der Waals surface area (Å²) >= 11 is 0. The van der Waals surface area contributed by atoms with E-state index in [1.165, 1.54) is 0 Å². The minimum Gasteiger partial charge on any atom is -0.481 e. The fourth-order valence-corrected chi connectivity index (χ4v) is 17.3. The lowest BCUT2D eigenvalue weighted by Crippen LogP contribution is -2.56. The average Bonchev–Trinajstić information content (AvgIpc) is 1.27. The number of alkyl halides is 3. The van der Waals surface area contributed by atoms with Crippen LogP contribution in [0.25, 0.3) is 0 Å². The number of halogens is 3. The molecule has 4 heterocycles. The van der Waals surface area contributed by atoms with Crippen LogP contribution in [0.3, 0.4) is 0 Å². The number of cyclic esters (lactones) is 4. The number of aliphatic carboxylic acids is 1. The van der Waals surface area contributed by atoms with Crippen molar-refractivity contribution in [3.63, 3.8) is 0 Å². The summed E-state index contributed by atoms with van der Waals surface area (Å²) < 4.78 is 81.0. The van der Waals surface area contributed by atoms with Crippen LogP contribution in [0.2, 0.25) is 18.1 Å². The first kappa shape index (κ1) is 139. The average molecular weight is 2130 g/mol. The lowest BCUT2D eigenvalue weighted by atomic mass is 9.82. The number of ether oxygens (including phenoxy) is 7. The van der Waals surface area contributed by atoms with Gasteiger partial charge in [-0.1, -0.05) is 230 Å². The van der Waals surface area contributed by atoms with Gasteiger partial charge in [-0.15, -0.1) is 0 Å². The summed E-state index contributed by atoms with van der Waals surface area (Å²) in [5, 5.41) is 39.4. The van der Waals surface area contributed by atoms with Crippen LogP contribution in [0.4, 0.5) is 37.1 Å². The Morgan fingerprint density at radius 1 is 0.453 bits per heavy atom. The Labute approximate surface area is 885 Å². The van der Waals surface area contributed by atoms with Gasteiger partial charge in [-0.2, -0.15) is 13.2 Å². The molecule has 5 unspecified atom stereocenters. The summed E-state index contributed by atoms with van der Waals surface area (Å²) in [6, 6.07) is 6.15. The van der Waals surface area contributed by atoms with Crippen molar-refractivity contribution in [3.05, 3.63) is 35.9 Å². The molecular weight excluding hydrogens is 1930 g/mol. The Morgan fingerprint density at radius 3 is 1.09 bits per heavy atom. The van der Waals surface area contributed by atoms with Gasteiger partial charge in [0.05, 0.1) is 52.6 Å². The predicted molar refractivity (Wildman–Crippen MR) is 573 cm³/mol. The SMILES string of the molecule is CC(C)CC(NC(=O)OC(C)(C)C)[C@@H]1CC(C)(C)C(=O)O1.CC(C)CC(NC(=O)OCc1ccccc1)[C@@H]1CC(C)(C)C(=O)O1.CC(C)CC1NC(=O)O[C@H]1CC(C)(C)C(=O)O.CCCCNC(=O)[C@@H](NC(=O)C(C)(C)C[C@@H](O[Si](C)(C)C(C)(C)C)C(CC(C)C)NC(=O)OC(C)(C)C)C(C)C.CCCCNC(=O)[C@@H](NC(=O)C(C)(C)C[C@@H]1OC(=O)NC1CC(C)C)C(C)C.CCCCNC(=O)[C@@H](NC(=O)C(F)(F)F)C(C)C. The van der Waals surface area contributed by atoms with E-state index in [1.54, 1.807) is 33.0 Å².